The van der Waals surface area contributed by atoms with Crippen molar-refractivity contribution in [2.75, 3.05) is 13.1 Å². The average Bonchev–Trinajstić information content (AvgIpc) is 3.39. The number of carbonyl (C=O) groups excluding carboxylic acids is 2. The molecule has 0 bridgehead atoms. The summed E-state index contributed by atoms with van der Waals surface area (Å²) in [4.78, 5) is 31.7. The highest BCUT2D eigenvalue weighted by Gasteiger charge is 2.41. The van der Waals surface area contributed by atoms with Crippen LogP contribution in [0.25, 0.3) is 10.9 Å². The van der Waals surface area contributed by atoms with Crippen molar-refractivity contribution in [2.24, 2.45) is 11.1 Å². The fourth-order valence-corrected chi connectivity index (χ4v) is 5.61. The van der Waals surface area contributed by atoms with E-state index in [4.69, 9.17) is 5.73 Å². The van der Waals surface area contributed by atoms with Crippen molar-refractivity contribution >= 4 is 35.1 Å². The number of halogens is 1. The molecule has 35 heavy (non-hydrogen) atoms. The Labute approximate surface area is 213 Å². The smallest absolute Gasteiger partial charge is 0.245 e. The number of nitrogens with two attached hydrogens (primary N) is 1. The van der Waals surface area contributed by atoms with Crippen molar-refractivity contribution < 1.29 is 9.59 Å². The van der Waals surface area contributed by atoms with Crippen LogP contribution in [0.5, 0.6) is 0 Å². The van der Waals surface area contributed by atoms with Crippen LogP contribution in [0, 0.1) is 5.41 Å². The van der Waals surface area contributed by atoms with E-state index in [-0.39, 0.29) is 29.6 Å². The van der Waals surface area contributed by atoms with Gasteiger partial charge in [-0.1, -0.05) is 42.5 Å². The highest BCUT2D eigenvalue weighted by atomic mass is 35.5. The van der Waals surface area contributed by atoms with Crippen LogP contribution in [0.4, 0.5) is 0 Å². The van der Waals surface area contributed by atoms with Gasteiger partial charge in [0.1, 0.15) is 6.04 Å². The first kappa shape index (κ1) is 25.3. The number of nitrogens with zero attached hydrogens (tertiary/aromatic N) is 1. The Morgan fingerprint density at radius 1 is 1.06 bits per heavy atom. The lowest BCUT2D eigenvalue weighted by atomic mass is 9.76. The zero-order chi connectivity index (χ0) is 23.9. The first-order valence-electron chi connectivity index (χ1n) is 12.2. The number of amides is 2. The molecule has 3 aromatic rings. The largest absolute Gasteiger partial charge is 0.361 e. The second-order valence-corrected chi connectivity index (χ2v) is 10.8. The molecule has 7 heteroatoms. The molecule has 2 amide bonds. The van der Waals surface area contributed by atoms with Gasteiger partial charge in [0.25, 0.3) is 0 Å². The molecule has 4 N–H and O–H groups in total. The van der Waals surface area contributed by atoms with E-state index < -0.39 is 11.6 Å². The molecule has 2 aromatic carbocycles. The number of likely N-dealkylation sites (tertiary alicyclic amines) is 1. The van der Waals surface area contributed by atoms with Crippen molar-refractivity contribution in [2.45, 2.75) is 57.5 Å². The molecule has 2 aliphatic rings. The Morgan fingerprint density at radius 3 is 2.29 bits per heavy atom. The molecule has 0 saturated carbocycles. The predicted octanol–water partition coefficient (Wildman–Crippen LogP) is 3.76. The highest BCUT2D eigenvalue weighted by Crippen LogP contribution is 2.44. The maximum absolute atomic E-state index is 13.7. The van der Waals surface area contributed by atoms with Crippen LogP contribution in [-0.4, -0.2) is 46.4 Å². The number of aromatic amines is 1. The Hall–Kier alpha value is -2.83. The van der Waals surface area contributed by atoms with Gasteiger partial charge >= 0.3 is 0 Å². The van der Waals surface area contributed by atoms with Gasteiger partial charge < -0.3 is 20.9 Å². The monoisotopic (exact) mass is 494 g/mol. The summed E-state index contributed by atoms with van der Waals surface area (Å²) in [5.41, 5.74) is 10.2. The van der Waals surface area contributed by atoms with Gasteiger partial charge in [0.15, 0.2) is 0 Å². The number of hydrogen-bond donors (Lipinski definition) is 3. The van der Waals surface area contributed by atoms with Crippen LogP contribution in [0.1, 0.15) is 43.4 Å². The van der Waals surface area contributed by atoms with Crippen molar-refractivity contribution in [1.82, 2.24) is 15.2 Å². The third-order valence-corrected chi connectivity index (χ3v) is 7.67. The fraction of sp³-hybridized carbons (Fsp3) is 0.429. The minimum atomic E-state index is -1.06. The maximum Gasteiger partial charge on any atom is 0.245 e. The van der Waals surface area contributed by atoms with E-state index in [1.165, 1.54) is 11.1 Å². The molecule has 1 spiro atoms. The molecule has 1 saturated heterocycles. The summed E-state index contributed by atoms with van der Waals surface area (Å²) in [6.45, 7) is 4.77. The van der Waals surface area contributed by atoms with E-state index in [0.29, 0.717) is 6.42 Å². The summed E-state index contributed by atoms with van der Waals surface area (Å²) < 4.78 is 0. The number of piperidine rings is 1. The van der Waals surface area contributed by atoms with Gasteiger partial charge in [-0.3, -0.25) is 9.59 Å². The molecule has 186 valence electrons. The lowest BCUT2D eigenvalue weighted by molar-refractivity contribution is -0.139. The maximum atomic E-state index is 13.7. The highest BCUT2D eigenvalue weighted by molar-refractivity contribution is 5.92. The average molecular weight is 495 g/mol. The van der Waals surface area contributed by atoms with Crippen molar-refractivity contribution in [3.63, 3.8) is 0 Å². The predicted molar refractivity (Wildman–Crippen MR) is 142 cm³/mol. The van der Waals surface area contributed by atoms with Crippen molar-refractivity contribution in [1.29, 1.82) is 0 Å². The number of H-pyrrole nitrogens is 1. The van der Waals surface area contributed by atoms with Crippen LogP contribution in [0.15, 0.2) is 54.7 Å². The number of benzene rings is 2. The third kappa shape index (κ3) is 5.09. The van der Waals surface area contributed by atoms with Crippen LogP contribution >= 0.6 is 12.4 Å². The summed E-state index contributed by atoms with van der Waals surface area (Å²) >= 11 is 0. The minimum absolute atomic E-state index is 0. The first-order valence-corrected chi connectivity index (χ1v) is 12.2. The van der Waals surface area contributed by atoms with Crippen LogP contribution in [-0.2, 0) is 28.9 Å². The van der Waals surface area contributed by atoms with Gasteiger partial charge in [-0.25, -0.2) is 0 Å². The van der Waals surface area contributed by atoms with Gasteiger partial charge in [0.05, 0.1) is 5.54 Å². The van der Waals surface area contributed by atoms with Gasteiger partial charge in [0.2, 0.25) is 11.8 Å². The Morgan fingerprint density at radius 2 is 1.66 bits per heavy atom. The van der Waals surface area contributed by atoms with E-state index in [1.807, 2.05) is 35.4 Å². The van der Waals surface area contributed by atoms with E-state index in [1.54, 1.807) is 13.8 Å². The van der Waals surface area contributed by atoms with Crippen LogP contribution < -0.4 is 11.1 Å². The SMILES string of the molecule is CC(C)(N)C(=O)NC(Cc1c[nH]c2ccccc12)C(=O)N1CCC2(CC1)Cc1ccccc1C2.Cl. The number of carbonyl (C=O) groups is 2. The number of hydrogen-bond acceptors (Lipinski definition) is 3. The molecule has 1 unspecified atom stereocenters. The second kappa shape index (κ2) is 9.67. The normalized spacial score (nSPS) is 17.6. The zero-order valence-electron chi connectivity index (χ0n) is 20.5. The van der Waals surface area contributed by atoms with Crippen molar-refractivity contribution in [3.05, 3.63) is 71.4 Å². The molecule has 0 radical (unpaired) electrons. The minimum Gasteiger partial charge on any atom is -0.361 e. The lowest BCUT2D eigenvalue weighted by Crippen LogP contribution is -2.58. The summed E-state index contributed by atoms with van der Waals surface area (Å²) in [6, 6.07) is 16.1. The Bertz CT molecular complexity index is 1190. The van der Waals surface area contributed by atoms with Crippen LogP contribution in [0.3, 0.4) is 0 Å². The van der Waals surface area contributed by atoms with Gasteiger partial charge in [-0.2, -0.15) is 0 Å². The first-order chi connectivity index (χ1) is 16.2. The molecule has 5 rings (SSSR count). The molecule has 1 atom stereocenters. The number of rotatable bonds is 5. The quantitative estimate of drug-likeness (QED) is 0.504. The summed E-state index contributed by atoms with van der Waals surface area (Å²) in [7, 11) is 0. The lowest BCUT2D eigenvalue weighted by Gasteiger charge is -2.40. The zero-order valence-corrected chi connectivity index (χ0v) is 21.3. The Kier molecular flexibility index (Phi) is 6.98. The third-order valence-electron chi connectivity index (χ3n) is 7.67. The fourth-order valence-electron chi connectivity index (χ4n) is 5.61. The standard InChI is InChI=1S/C28H34N4O2.ClH/c1-27(2,29)26(34)31-24(15-21-18-30-23-10-6-5-9-22(21)23)25(33)32-13-11-28(12-14-32)16-19-7-3-4-8-20(19)17-28;/h3-10,18,24,30H,11-17,29H2,1-2H3,(H,31,34);1H. The Balaban J connectivity index is 0.00000289. The van der Waals surface area contributed by atoms with Crippen LogP contribution in [0.2, 0.25) is 0 Å². The van der Waals surface area contributed by atoms with E-state index in [9.17, 15) is 9.59 Å². The molecule has 1 aliphatic heterocycles. The van der Waals surface area contributed by atoms with E-state index >= 15 is 0 Å². The van der Waals surface area contributed by atoms with E-state index in [0.717, 1.165) is 55.2 Å². The summed E-state index contributed by atoms with van der Waals surface area (Å²) in [6.07, 6.45) is 6.54. The molecular formula is C28H35ClN4O2. The number of fused-ring (bicyclic) bond motifs is 2. The number of aromatic nitrogens is 1. The summed E-state index contributed by atoms with van der Waals surface area (Å²) in [5, 5.41) is 4.04. The second-order valence-electron chi connectivity index (χ2n) is 10.8. The molecule has 1 aromatic heterocycles. The number of nitrogens with one attached hydrogen (secondary N) is 2. The van der Waals surface area contributed by atoms with Gasteiger partial charge in [0, 0.05) is 36.6 Å². The summed E-state index contributed by atoms with van der Waals surface area (Å²) in [5.74, 6) is -0.335. The molecule has 2 heterocycles. The topological polar surface area (TPSA) is 91.2 Å². The molecule has 1 aliphatic carbocycles. The van der Waals surface area contributed by atoms with E-state index in [2.05, 4.69) is 34.6 Å². The van der Waals surface area contributed by atoms with Crippen molar-refractivity contribution in [3.8, 4) is 0 Å². The molecular weight excluding hydrogens is 460 g/mol. The van der Waals surface area contributed by atoms with Gasteiger partial charge in [-0.05, 0) is 67.7 Å². The van der Waals surface area contributed by atoms with Gasteiger partial charge in [-0.15, -0.1) is 12.4 Å². The molecule has 1 fully saturated rings. The number of para-hydroxylation sites is 1. The molecule has 6 nitrogen and oxygen atoms in total.